The predicted molar refractivity (Wildman–Crippen MR) is 83.3 cm³/mol. The van der Waals surface area contributed by atoms with Crippen LogP contribution in [-0.4, -0.2) is 21.8 Å². The van der Waals surface area contributed by atoms with Crippen LogP contribution >= 0.6 is 12.2 Å². The van der Waals surface area contributed by atoms with E-state index in [1.54, 1.807) is 18.2 Å². The van der Waals surface area contributed by atoms with Crippen LogP contribution in [0.15, 0.2) is 36.5 Å². The third-order valence-electron chi connectivity index (χ3n) is 2.83. The maximum atomic E-state index is 10.6. The van der Waals surface area contributed by atoms with Gasteiger partial charge in [-0.15, -0.1) is 0 Å². The number of fused-ring (bicyclic) bond motifs is 1. The summed E-state index contributed by atoms with van der Waals surface area (Å²) in [5, 5.41) is 16.7. The Morgan fingerprint density at radius 2 is 2.05 bits per heavy atom. The van der Waals surface area contributed by atoms with Gasteiger partial charge < -0.3 is 20.1 Å². The summed E-state index contributed by atoms with van der Waals surface area (Å²) in [4.78, 5) is 14.0. The fraction of sp³-hybridized carbons (Fsp3) is 0.0769. The molecule has 2 aromatic rings. The molecule has 0 amide bonds. The molecule has 0 bridgehead atoms. The van der Waals surface area contributed by atoms with Gasteiger partial charge in [0.15, 0.2) is 16.6 Å². The van der Waals surface area contributed by atoms with E-state index in [1.807, 2.05) is 0 Å². The number of nitrogens with zero attached hydrogens (tertiary/aromatic N) is 2. The van der Waals surface area contributed by atoms with Crippen LogP contribution in [0.25, 0.3) is 0 Å². The topological polar surface area (TPSA) is 98.6 Å². The number of pyridine rings is 1. The standard InChI is InChI=1S/C13H10N4O4S/c18-17(19)9-2-4-12(14-6-9)16-13(22)15-8-1-3-10-11(5-8)21-7-20-10/h1-6H,7H2,(H2,14,15,16,22). The molecular formula is C13H10N4O4S. The first-order valence-corrected chi connectivity index (χ1v) is 6.61. The number of anilines is 2. The van der Waals surface area contributed by atoms with E-state index in [9.17, 15) is 10.1 Å². The fourth-order valence-corrected chi connectivity index (χ4v) is 2.04. The number of thiocarbonyl (C=S) groups is 1. The Morgan fingerprint density at radius 3 is 2.77 bits per heavy atom. The molecule has 0 saturated heterocycles. The van der Waals surface area contributed by atoms with Gasteiger partial charge in [-0.25, -0.2) is 4.98 Å². The molecule has 1 aliphatic heterocycles. The summed E-state index contributed by atoms with van der Waals surface area (Å²) >= 11 is 5.16. The van der Waals surface area contributed by atoms with Crippen LogP contribution in [0.2, 0.25) is 0 Å². The maximum absolute atomic E-state index is 10.6. The lowest BCUT2D eigenvalue weighted by atomic mass is 10.3. The van der Waals surface area contributed by atoms with Crippen molar-refractivity contribution in [1.82, 2.24) is 4.98 Å². The molecule has 3 rings (SSSR count). The summed E-state index contributed by atoms with van der Waals surface area (Å²) in [6, 6.07) is 8.16. The van der Waals surface area contributed by atoms with Gasteiger partial charge in [0.1, 0.15) is 12.0 Å². The summed E-state index contributed by atoms with van der Waals surface area (Å²) in [6.07, 6.45) is 1.16. The molecule has 0 aliphatic carbocycles. The van der Waals surface area contributed by atoms with Crippen molar-refractivity contribution in [3.8, 4) is 11.5 Å². The molecular weight excluding hydrogens is 308 g/mol. The zero-order valence-corrected chi connectivity index (χ0v) is 11.9. The number of nitrogens with one attached hydrogen (secondary N) is 2. The predicted octanol–water partition coefficient (Wildman–Crippen LogP) is 2.53. The third kappa shape index (κ3) is 3.04. The van der Waals surface area contributed by atoms with Crippen LogP contribution in [0.3, 0.4) is 0 Å². The molecule has 1 aliphatic rings. The van der Waals surface area contributed by atoms with E-state index < -0.39 is 4.92 Å². The van der Waals surface area contributed by atoms with E-state index in [2.05, 4.69) is 15.6 Å². The molecule has 0 spiro atoms. The lowest BCUT2D eigenvalue weighted by Crippen LogP contribution is -2.19. The van der Waals surface area contributed by atoms with E-state index in [-0.39, 0.29) is 12.5 Å². The lowest BCUT2D eigenvalue weighted by Gasteiger charge is -2.10. The number of rotatable bonds is 3. The smallest absolute Gasteiger partial charge is 0.287 e. The zero-order valence-electron chi connectivity index (χ0n) is 11.1. The lowest BCUT2D eigenvalue weighted by molar-refractivity contribution is -0.385. The van der Waals surface area contributed by atoms with Crippen molar-refractivity contribution < 1.29 is 14.4 Å². The van der Waals surface area contributed by atoms with Gasteiger partial charge in [0.05, 0.1) is 4.92 Å². The zero-order chi connectivity index (χ0) is 15.5. The van der Waals surface area contributed by atoms with E-state index in [4.69, 9.17) is 21.7 Å². The second-order valence-electron chi connectivity index (χ2n) is 4.31. The molecule has 2 N–H and O–H groups in total. The molecule has 0 saturated carbocycles. The van der Waals surface area contributed by atoms with Crippen LogP contribution in [-0.2, 0) is 0 Å². The number of ether oxygens (including phenoxy) is 2. The first-order chi connectivity index (χ1) is 10.6. The van der Waals surface area contributed by atoms with Crippen LogP contribution < -0.4 is 20.1 Å². The van der Waals surface area contributed by atoms with E-state index in [0.717, 1.165) is 11.9 Å². The van der Waals surface area contributed by atoms with Crippen molar-refractivity contribution >= 4 is 34.5 Å². The molecule has 1 aromatic carbocycles. The summed E-state index contributed by atoms with van der Waals surface area (Å²) in [7, 11) is 0. The highest BCUT2D eigenvalue weighted by Gasteiger charge is 2.13. The molecule has 22 heavy (non-hydrogen) atoms. The van der Waals surface area contributed by atoms with E-state index in [1.165, 1.54) is 12.1 Å². The molecule has 1 aromatic heterocycles. The quantitative estimate of drug-likeness (QED) is 0.506. The fourth-order valence-electron chi connectivity index (χ4n) is 1.82. The number of benzene rings is 1. The van der Waals surface area contributed by atoms with Crippen molar-refractivity contribution in [3.63, 3.8) is 0 Å². The molecule has 9 heteroatoms. The van der Waals surface area contributed by atoms with Gasteiger partial charge in [-0.2, -0.15) is 0 Å². The minimum atomic E-state index is -0.514. The van der Waals surface area contributed by atoms with Gasteiger partial charge in [0, 0.05) is 17.8 Å². The Morgan fingerprint density at radius 1 is 1.23 bits per heavy atom. The van der Waals surface area contributed by atoms with Gasteiger partial charge in [0.25, 0.3) is 5.69 Å². The van der Waals surface area contributed by atoms with Crippen molar-refractivity contribution in [2.45, 2.75) is 0 Å². The number of hydrogen-bond donors (Lipinski definition) is 2. The van der Waals surface area contributed by atoms with Crippen LogP contribution in [0.5, 0.6) is 11.5 Å². The Kier molecular flexibility index (Phi) is 3.71. The number of nitro groups is 1. The Bertz CT molecular complexity index is 735. The highest BCUT2D eigenvalue weighted by Crippen LogP contribution is 2.34. The average Bonchev–Trinajstić information content (AvgIpc) is 2.95. The van der Waals surface area contributed by atoms with Gasteiger partial charge in [-0.1, -0.05) is 0 Å². The van der Waals surface area contributed by atoms with Gasteiger partial charge in [0.2, 0.25) is 6.79 Å². The molecule has 0 fully saturated rings. The first-order valence-electron chi connectivity index (χ1n) is 6.20. The minimum absolute atomic E-state index is 0.0831. The summed E-state index contributed by atoms with van der Waals surface area (Å²) in [5.41, 5.74) is 0.642. The second-order valence-corrected chi connectivity index (χ2v) is 4.71. The van der Waals surface area contributed by atoms with Crippen molar-refractivity contribution in [3.05, 3.63) is 46.6 Å². The van der Waals surface area contributed by atoms with Crippen molar-refractivity contribution in [2.24, 2.45) is 0 Å². The molecule has 112 valence electrons. The Hall–Kier alpha value is -2.94. The van der Waals surface area contributed by atoms with E-state index in [0.29, 0.717) is 22.4 Å². The summed E-state index contributed by atoms with van der Waals surface area (Å²) in [5.74, 6) is 1.73. The molecule has 0 radical (unpaired) electrons. The normalized spacial score (nSPS) is 11.8. The Balaban J connectivity index is 1.63. The molecule has 8 nitrogen and oxygen atoms in total. The molecule has 2 heterocycles. The average molecular weight is 318 g/mol. The van der Waals surface area contributed by atoms with E-state index >= 15 is 0 Å². The largest absolute Gasteiger partial charge is 0.454 e. The maximum Gasteiger partial charge on any atom is 0.287 e. The van der Waals surface area contributed by atoms with Crippen LogP contribution in [0, 0.1) is 10.1 Å². The summed E-state index contributed by atoms with van der Waals surface area (Å²) < 4.78 is 10.5. The molecule has 0 unspecified atom stereocenters. The van der Waals surface area contributed by atoms with Gasteiger partial charge >= 0.3 is 0 Å². The first kappa shape index (κ1) is 14.0. The monoisotopic (exact) mass is 318 g/mol. The molecule has 0 atom stereocenters. The van der Waals surface area contributed by atoms with Gasteiger partial charge in [-0.3, -0.25) is 10.1 Å². The second kappa shape index (κ2) is 5.82. The number of hydrogen-bond acceptors (Lipinski definition) is 6. The SMILES string of the molecule is O=[N+]([O-])c1ccc(NC(=S)Nc2ccc3c(c2)OCO3)nc1. The number of aromatic nitrogens is 1. The Labute approximate surface area is 130 Å². The highest BCUT2D eigenvalue weighted by molar-refractivity contribution is 7.80. The highest BCUT2D eigenvalue weighted by atomic mass is 32.1. The van der Waals surface area contributed by atoms with Crippen LogP contribution in [0.1, 0.15) is 0 Å². The van der Waals surface area contributed by atoms with Crippen molar-refractivity contribution in [1.29, 1.82) is 0 Å². The van der Waals surface area contributed by atoms with Crippen LogP contribution in [0.4, 0.5) is 17.2 Å². The summed E-state index contributed by atoms with van der Waals surface area (Å²) in [6.45, 7) is 0.203. The van der Waals surface area contributed by atoms with Gasteiger partial charge in [-0.05, 0) is 30.4 Å². The third-order valence-corrected chi connectivity index (χ3v) is 3.03. The minimum Gasteiger partial charge on any atom is -0.454 e. The van der Waals surface area contributed by atoms with Crippen molar-refractivity contribution in [2.75, 3.05) is 17.4 Å².